The van der Waals surface area contributed by atoms with E-state index in [1.54, 1.807) is 25.3 Å². The molecule has 1 aromatic rings. The van der Waals surface area contributed by atoms with Crippen molar-refractivity contribution in [3.63, 3.8) is 0 Å². The van der Waals surface area contributed by atoms with Crippen LogP contribution in [-0.4, -0.2) is 7.11 Å². The number of hydrogen-bond acceptors (Lipinski definition) is 2. The Hall–Kier alpha value is -1.80. The van der Waals surface area contributed by atoms with Crippen LogP contribution in [0.25, 0.3) is 0 Å². The van der Waals surface area contributed by atoms with Crippen molar-refractivity contribution in [2.75, 3.05) is 7.11 Å². The second-order valence-electron chi connectivity index (χ2n) is 3.19. The highest BCUT2D eigenvalue weighted by molar-refractivity contribution is 5.30. The molecule has 2 nitrogen and oxygen atoms in total. The molecule has 0 aliphatic rings. The van der Waals surface area contributed by atoms with E-state index in [1.165, 1.54) is 0 Å². The Labute approximate surface area is 96.5 Å². The summed E-state index contributed by atoms with van der Waals surface area (Å²) in [7, 11) is 1.67. The van der Waals surface area contributed by atoms with E-state index in [1.807, 2.05) is 24.3 Å². The van der Waals surface area contributed by atoms with Gasteiger partial charge in [-0.05, 0) is 29.8 Å². The van der Waals surface area contributed by atoms with Crippen LogP contribution in [0.3, 0.4) is 0 Å². The molecule has 0 saturated heterocycles. The molecule has 84 valence electrons. The van der Waals surface area contributed by atoms with Crippen LogP contribution < -0.4 is 4.74 Å². The van der Waals surface area contributed by atoms with Crippen LogP contribution in [0.1, 0.15) is 5.56 Å². The van der Waals surface area contributed by atoms with Crippen molar-refractivity contribution in [1.82, 2.24) is 0 Å². The smallest absolute Gasteiger partial charge is 0.127 e. The number of allylic oxidation sites excluding steroid dienone is 3. The molecule has 0 atom stereocenters. The first-order chi connectivity index (χ1) is 7.80. The molecule has 0 radical (unpaired) electrons. The van der Waals surface area contributed by atoms with E-state index in [0.717, 1.165) is 11.3 Å². The lowest BCUT2D eigenvalue weighted by atomic mass is 10.2. The van der Waals surface area contributed by atoms with Gasteiger partial charge >= 0.3 is 0 Å². The van der Waals surface area contributed by atoms with Crippen LogP contribution in [0.4, 0.5) is 0 Å². The number of methoxy groups -OCH3 is 1. The normalized spacial score (nSPS) is 10.9. The van der Waals surface area contributed by atoms with Gasteiger partial charge < -0.3 is 9.47 Å². The van der Waals surface area contributed by atoms with Crippen molar-refractivity contribution in [1.29, 1.82) is 0 Å². The monoisotopic (exact) mass is 216 g/mol. The van der Waals surface area contributed by atoms with E-state index in [4.69, 9.17) is 9.47 Å². The van der Waals surface area contributed by atoms with Gasteiger partial charge in [-0.25, -0.2) is 0 Å². The molecular weight excluding hydrogens is 200 g/mol. The molecule has 0 spiro atoms. The number of hydrogen-bond donors (Lipinski definition) is 0. The summed E-state index contributed by atoms with van der Waals surface area (Å²) in [5, 5.41) is 0. The van der Waals surface area contributed by atoms with Crippen LogP contribution in [0.5, 0.6) is 5.75 Å². The van der Waals surface area contributed by atoms with Crippen molar-refractivity contribution in [2.24, 2.45) is 0 Å². The summed E-state index contributed by atoms with van der Waals surface area (Å²) in [5.74, 6) is 1.45. The Morgan fingerprint density at radius 3 is 2.44 bits per heavy atom. The third-order valence-corrected chi connectivity index (χ3v) is 1.95. The number of ether oxygens (including phenoxy) is 2. The molecular formula is C14H16O2. The Morgan fingerprint density at radius 1 is 1.25 bits per heavy atom. The van der Waals surface area contributed by atoms with Gasteiger partial charge in [-0.1, -0.05) is 31.4 Å². The second kappa shape index (κ2) is 6.64. The molecule has 0 aromatic heterocycles. The molecule has 0 aliphatic carbocycles. The van der Waals surface area contributed by atoms with Gasteiger partial charge in [0, 0.05) is 7.11 Å². The largest absolute Gasteiger partial charge is 0.457 e. The highest BCUT2D eigenvalue weighted by atomic mass is 16.5. The van der Waals surface area contributed by atoms with E-state index < -0.39 is 0 Å². The van der Waals surface area contributed by atoms with Crippen LogP contribution in [0.2, 0.25) is 0 Å². The zero-order valence-corrected chi connectivity index (χ0v) is 9.48. The van der Waals surface area contributed by atoms with Gasteiger partial charge in [0.25, 0.3) is 0 Å². The van der Waals surface area contributed by atoms with Crippen LogP contribution in [0, 0.1) is 0 Å². The maximum Gasteiger partial charge on any atom is 0.127 e. The average Bonchev–Trinajstić information content (AvgIpc) is 2.31. The van der Waals surface area contributed by atoms with Gasteiger partial charge in [0.2, 0.25) is 0 Å². The van der Waals surface area contributed by atoms with Crippen molar-refractivity contribution in [2.45, 2.75) is 6.61 Å². The van der Waals surface area contributed by atoms with Gasteiger partial charge in [0.15, 0.2) is 0 Å². The van der Waals surface area contributed by atoms with Crippen LogP contribution in [-0.2, 0) is 11.3 Å². The molecule has 0 amide bonds. The summed E-state index contributed by atoms with van der Waals surface area (Å²) >= 11 is 0. The lowest BCUT2D eigenvalue weighted by Crippen LogP contribution is -1.92. The summed E-state index contributed by atoms with van der Waals surface area (Å²) in [6.45, 7) is 7.88. The summed E-state index contributed by atoms with van der Waals surface area (Å²) in [5.41, 5.74) is 1.11. The molecule has 0 aliphatic heterocycles. The zero-order chi connectivity index (χ0) is 11.8. The zero-order valence-electron chi connectivity index (χ0n) is 9.48. The first-order valence-corrected chi connectivity index (χ1v) is 5.01. The maximum atomic E-state index is 5.57. The second-order valence-corrected chi connectivity index (χ2v) is 3.19. The molecule has 1 aromatic carbocycles. The molecule has 0 N–H and O–H groups in total. The minimum atomic E-state index is 0.608. The molecule has 0 bridgehead atoms. The van der Waals surface area contributed by atoms with Crippen molar-refractivity contribution < 1.29 is 9.47 Å². The standard InChI is InChI=1S/C14H16O2/c1-4-6-13(5-2)16-14-9-7-12(8-10-14)11-15-3/h4-10H,1-2,11H2,3H3/b13-6+. The minimum Gasteiger partial charge on any atom is -0.457 e. The fourth-order valence-corrected chi connectivity index (χ4v) is 1.22. The van der Waals surface area contributed by atoms with E-state index in [-0.39, 0.29) is 0 Å². The van der Waals surface area contributed by atoms with E-state index in [0.29, 0.717) is 12.4 Å². The first kappa shape index (κ1) is 12.3. The topological polar surface area (TPSA) is 18.5 Å². The number of benzene rings is 1. The predicted molar refractivity (Wildman–Crippen MR) is 66.3 cm³/mol. The van der Waals surface area contributed by atoms with Gasteiger partial charge in [0.1, 0.15) is 11.5 Å². The lowest BCUT2D eigenvalue weighted by Gasteiger charge is -2.06. The highest BCUT2D eigenvalue weighted by Crippen LogP contribution is 2.16. The Kier molecular flexibility index (Phi) is 5.09. The van der Waals surface area contributed by atoms with Crippen molar-refractivity contribution in [3.8, 4) is 5.75 Å². The lowest BCUT2D eigenvalue weighted by molar-refractivity contribution is 0.185. The quantitative estimate of drug-likeness (QED) is 0.535. The SMILES string of the molecule is C=C/C=C(\C=C)Oc1ccc(COC)cc1. The van der Waals surface area contributed by atoms with Crippen LogP contribution in [0.15, 0.2) is 61.4 Å². The fraction of sp³-hybridized carbons (Fsp3) is 0.143. The summed E-state index contributed by atoms with van der Waals surface area (Å²) in [4.78, 5) is 0. The van der Waals surface area contributed by atoms with Gasteiger partial charge in [-0.3, -0.25) is 0 Å². The molecule has 0 unspecified atom stereocenters. The summed E-state index contributed by atoms with van der Waals surface area (Å²) in [6.07, 6.45) is 5.07. The molecule has 2 heteroatoms. The maximum absolute atomic E-state index is 5.57. The van der Waals surface area contributed by atoms with Crippen molar-refractivity contribution >= 4 is 0 Å². The highest BCUT2D eigenvalue weighted by Gasteiger charge is 1.97. The molecule has 0 saturated carbocycles. The Morgan fingerprint density at radius 2 is 1.94 bits per heavy atom. The van der Waals surface area contributed by atoms with E-state index >= 15 is 0 Å². The Bertz CT molecular complexity index is 374. The van der Waals surface area contributed by atoms with Gasteiger partial charge in [-0.15, -0.1) is 0 Å². The molecule has 0 fully saturated rings. The molecule has 1 rings (SSSR count). The average molecular weight is 216 g/mol. The third-order valence-electron chi connectivity index (χ3n) is 1.95. The molecule has 16 heavy (non-hydrogen) atoms. The van der Waals surface area contributed by atoms with Gasteiger partial charge in [0.05, 0.1) is 6.61 Å². The number of rotatable bonds is 6. The van der Waals surface area contributed by atoms with Crippen LogP contribution >= 0.6 is 0 Å². The first-order valence-electron chi connectivity index (χ1n) is 5.01. The predicted octanol–water partition coefficient (Wildman–Crippen LogP) is 3.47. The fourth-order valence-electron chi connectivity index (χ4n) is 1.22. The minimum absolute atomic E-state index is 0.608. The summed E-state index contributed by atoms with van der Waals surface area (Å²) in [6, 6.07) is 7.73. The van der Waals surface area contributed by atoms with E-state index in [9.17, 15) is 0 Å². The Balaban J connectivity index is 2.70. The van der Waals surface area contributed by atoms with Crippen molar-refractivity contribution in [3.05, 3.63) is 67.0 Å². The van der Waals surface area contributed by atoms with Gasteiger partial charge in [-0.2, -0.15) is 0 Å². The van der Waals surface area contributed by atoms with E-state index in [2.05, 4.69) is 13.2 Å². The summed E-state index contributed by atoms with van der Waals surface area (Å²) < 4.78 is 10.6. The third kappa shape index (κ3) is 3.75. The molecule has 0 heterocycles.